The Morgan fingerprint density at radius 1 is 1.21 bits per heavy atom. The Hall–Kier alpha value is -3.00. The van der Waals surface area contributed by atoms with E-state index in [2.05, 4.69) is 10.3 Å². The van der Waals surface area contributed by atoms with Gasteiger partial charge in [0.1, 0.15) is 5.82 Å². The summed E-state index contributed by atoms with van der Waals surface area (Å²) in [6.07, 6.45) is 2.26. The van der Waals surface area contributed by atoms with Gasteiger partial charge in [-0.3, -0.25) is 19.0 Å². The maximum Gasteiger partial charge on any atom is 0.306 e. The fraction of sp³-hybridized carbons (Fsp3) is 0.333. The van der Waals surface area contributed by atoms with E-state index in [9.17, 15) is 14.4 Å². The molecule has 1 aromatic carbocycles. The summed E-state index contributed by atoms with van der Waals surface area (Å²) in [6.45, 7) is 0.105. The van der Waals surface area contributed by atoms with E-state index in [0.29, 0.717) is 29.7 Å². The van der Waals surface area contributed by atoms with Crippen molar-refractivity contribution in [1.29, 1.82) is 0 Å². The molecule has 0 spiro atoms. The standard InChI is InChI=1S/C21H21N3O4S/c25-19(22-12-15-4-3-11-29-15)13-28-20(26)10-9-18-23-17-6-2-1-5-16(17)21(27)24(18)14-7-8-14/h1-6,11,14H,7-10,12-13H2,(H,22,25). The van der Waals surface area contributed by atoms with Crippen LogP contribution in [0.4, 0.5) is 0 Å². The molecule has 1 aliphatic carbocycles. The first-order valence-corrected chi connectivity index (χ1v) is 10.4. The molecule has 8 heteroatoms. The number of rotatable bonds is 8. The van der Waals surface area contributed by atoms with Crippen LogP contribution < -0.4 is 10.9 Å². The third-order valence-electron chi connectivity index (χ3n) is 4.75. The van der Waals surface area contributed by atoms with Crippen LogP contribution in [0, 0.1) is 0 Å². The first-order chi connectivity index (χ1) is 14.1. The van der Waals surface area contributed by atoms with Gasteiger partial charge in [-0.15, -0.1) is 11.3 Å². The van der Waals surface area contributed by atoms with Gasteiger partial charge in [-0.1, -0.05) is 18.2 Å². The van der Waals surface area contributed by atoms with Gasteiger partial charge in [-0.05, 0) is 36.4 Å². The van der Waals surface area contributed by atoms with Gasteiger partial charge >= 0.3 is 5.97 Å². The summed E-state index contributed by atoms with van der Waals surface area (Å²) in [6, 6.07) is 11.2. The van der Waals surface area contributed by atoms with Crippen LogP contribution in [-0.4, -0.2) is 28.0 Å². The molecule has 3 aromatic rings. The Labute approximate surface area is 171 Å². The number of hydrogen-bond donors (Lipinski definition) is 1. The van der Waals surface area contributed by atoms with E-state index in [1.807, 2.05) is 29.6 Å². The summed E-state index contributed by atoms with van der Waals surface area (Å²) in [5.74, 6) is -0.234. The monoisotopic (exact) mass is 411 g/mol. The maximum absolute atomic E-state index is 12.8. The number of ether oxygens (including phenoxy) is 1. The lowest BCUT2D eigenvalue weighted by Crippen LogP contribution is -2.28. The molecule has 1 fully saturated rings. The number of carbonyl (C=O) groups is 2. The Balaban J connectivity index is 1.34. The molecule has 0 saturated heterocycles. The van der Waals surface area contributed by atoms with Crippen LogP contribution in [0.25, 0.3) is 10.9 Å². The number of aryl methyl sites for hydroxylation is 1. The van der Waals surface area contributed by atoms with Crippen molar-refractivity contribution >= 4 is 34.1 Å². The van der Waals surface area contributed by atoms with Crippen LogP contribution in [0.3, 0.4) is 0 Å². The molecule has 0 aliphatic heterocycles. The lowest BCUT2D eigenvalue weighted by molar-refractivity contribution is -0.148. The molecule has 0 unspecified atom stereocenters. The van der Waals surface area contributed by atoms with Crippen LogP contribution in [0.2, 0.25) is 0 Å². The van der Waals surface area contributed by atoms with E-state index in [1.54, 1.807) is 28.0 Å². The highest BCUT2D eigenvalue weighted by atomic mass is 32.1. The van der Waals surface area contributed by atoms with Crippen LogP contribution in [0.1, 0.15) is 36.0 Å². The Bertz CT molecular complexity index is 1090. The molecule has 150 valence electrons. The van der Waals surface area contributed by atoms with E-state index in [4.69, 9.17) is 4.74 Å². The van der Waals surface area contributed by atoms with Gasteiger partial charge in [-0.2, -0.15) is 0 Å². The molecule has 2 heterocycles. The molecular formula is C21H21N3O4S. The number of benzene rings is 1. The number of esters is 1. The highest BCUT2D eigenvalue weighted by Gasteiger charge is 2.28. The normalized spacial score (nSPS) is 13.4. The molecule has 4 rings (SSSR count). The lowest BCUT2D eigenvalue weighted by Gasteiger charge is -2.12. The van der Waals surface area contributed by atoms with Gasteiger partial charge in [0.2, 0.25) is 0 Å². The molecule has 2 aromatic heterocycles. The minimum absolute atomic E-state index is 0.0607. The molecule has 7 nitrogen and oxygen atoms in total. The van der Waals surface area contributed by atoms with Crippen molar-refractivity contribution in [2.24, 2.45) is 0 Å². The SMILES string of the molecule is O=C(COC(=O)CCc1nc2ccccc2c(=O)n1C1CC1)NCc1cccs1. The Morgan fingerprint density at radius 3 is 2.79 bits per heavy atom. The van der Waals surface area contributed by atoms with E-state index in [0.717, 1.165) is 17.7 Å². The van der Waals surface area contributed by atoms with E-state index in [1.165, 1.54) is 0 Å². The average Bonchev–Trinajstić information content (AvgIpc) is 3.42. The van der Waals surface area contributed by atoms with E-state index >= 15 is 0 Å². The zero-order valence-electron chi connectivity index (χ0n) is 15.8. The van der Waals surface area contributed by atoms with Crippen LogP contribution in [0.5, 0.6) is 0 Å². The van der Waals surface area contributed by atoms with Gasteiger partial charge in [-0.25, -0.2) is 4.98 Å². The average molecular weight is 411 g/mol. The summed E-state index contributed by atoms with van der Waals surface area (Å²) in [5, 5.41) is 5.24. The highest BCUT2D eigenvalue weighted by molar-refractivity contribution is 7.09. The van der Waals surface area contributed by atoms with Crippen molar-refractivity contribution in [2.45, 2.75) is 38.3 Å². The van der Waals surface area contributed by atoms with Crippen molar-refractivity contribution in [3.05, 3.63) is 62.8 Å². The number of nitrogens with zero attached hydrogens (tertiary/aromatic N) is 2. The number of thiophene rings is 1. The van der Waals surface area contributed by atoms with E-state index < -0.39 is 5.97 Å². The third-order valence-corrected chi connectivity index (χ3v) is 5.63. The summed E-state index contributed by atoms with van der Waals surface area (Å²) >= 11 is 1.55. The highest BCUT2D eigenvalue weighted by Crippen LogP contribution is 2.34. The summed E-state index contributed by atoms with van der Waals surface area (Å²) in [4.78, 5) is 42.3. The molecule has 1 amide bonds. The molecule has 1 saturated carbocycles. The van der Waals surface area contributed by atoms with Crippen LogP contribution in [-0.2, 0) is 27.3 Å². The molecule has 1 N–H and O–H groups in total. The van der Waals surface area contributed by atoms with E-state index in [-0.39, 0.29) is 30.5 Å². The summed E-state index contributed by atoms with van der Waals surface area (Å²) < 4.78 is 6.78. The molecular weight excluding hydrogens is 390 g/mol. The topological polar surface area (TPSA) is 90.3 Å². The minimum Gasteiger partial charge on any atom is -0.456 e. The van der Waals surface area contributed by atoms with Crippen molar-refractivity contribution in [3.63, 3.8) is 0 Å². The second-order valence-corrected chi connectivity index (χ2v) is 8.00. The number of amides is 1. The van der Waals surface area contributed by atoms with Gasteiger partial charge in [0, 0.05) is 17.3 Å². The predicted octanol–water partition coefficient (Wildman–Crippen LogP) is 2.59. The van der Waals surface area contributed by atoms with Crippen molar-refractivity contribution in [1.82, 2.24) is 14.9 Å². The fourth-order valence-electron chi connectivity index (χ4n) is 3.16. The predicted molar refractivity (Wildman–Crippen MR) is 110 cm³/mol. The Kier molecular flexibility index (Phi) is 5.71. The number of aromatic nitrogens is 2. The van der Waals surface area contributed by atoms with Crippen molar-refractivity contribution < 1.29 is 14.3 Å². The zero-order chi connectivity index (χ0) is 20.2. The van der Waals surface area contributed by atoms with Crippen LogP contribution >= 0.6 is 11.3 Å². The number of para-hydroxylation sites is 1. The molecule has 0 bridgehead atoms. The summed E-state index contributed by atoms with van der Waals surface area (Å²) in [7, 11) is 0. The second-order valence-electron chi connectivity index (χ2n) is 6.97. The third kappa shape index (κ3) is 4.71. The molecule has 29 heavy (non-hydrogen) atoms. The first kappa shape index (κ1) is 19.3. The number of fused-ring (bicyclic) bond motifs is 1. The molecule has 0 radical (unpaired) electrons. The fourth-order valence-corrected chi connectivity index (χ4v) is 3.80. The molecule has 0 atom stereocenters. The van der Waals surface area contributed by atoms with Gasteiger partial charge in [0.15, 0.2) is 6.61 Å². The second kappa shape index (κ2) is 8.57. The van der Waals surface area contributed by atoms with Crippen molar-refractivity contribution in [3.8, 4) is 0 Å². The Morgan fingerprint density at radius 2 is 2.03 bits per heavy atom. The number of hydrogen-bond acceptors (Lipinski definition) is 6. The maximum atomic E-state index is 12.8. The first-order valence-electron chi connectivity index (χ1n) is 9.56. The quantitative estimate of drug-likeness (QED) is 0.576. The largest absolute Gasteiger partial charge is 0.456 e. The molecule has 1 aliphatic rings. The van der Waals surface area contributed by atoms with Gasteiger partial charge < -0.3 is 10.1 Å². The van der Waals surface area contributed by atoms with Gasteiger partial charge in [0.25, 0.3) is 11.5 Å². The zero-order valence-corrected chi connectivity index (χ0v) is 16.6. The number of nitrogens with one attached hydrogen (secondary N) is 1. The minimum atomic E-state index is -0.485. The van der Waals surface area contributed by atoms with Crippen LogP contribution in [0.15, 0.2) is 46.6 Å². The smallest absolute Gasteiger partial charge is 0.306 e. The van der Waals surface area contributed by atoms with Crippen molar-refractivity contribution in [2.75, 3.05) is 6.61 Å². The number of carbonyl (C=O) groups excluding carboxylic acids is 2. The van der Waals surface area contributed by atoms with Gasteiger partial charge in [0.05, 0.1) is 23.9 Å². The lowest BCUT2D eigenvalue weighted by atomic mass is 10.2. The summed E-state index contributed by atoms with van der Waals surface area (Å²) in [5.41, 5.74) is 0.570.